The van der Waals surface area contributed by atoms with E-state index in [1.807, 2.05) is 18.2 Å². The van der Waals surface area contributed by atoms with E-state index < -0.39 is 0 Å². The smallest absolute Gasteiger partial charge is 0.235 e. The van der Waals surface area contributed by atoms with Crippen LogP contribution in [0.25, 0.3) is 94.5 Å². The molecule has 0 fully saturated rings. The molecule has 13 rings (SSSR count). The highest BCUT2D eigenvalue weighted by Gasteiger charge is 2.34. The summed E-state index contributed by atoms with van der Waals surface area (Å²) in [6, 6.07) is 53.9. The number of furan rings is 1. The summed E-state index contributed by atoms with van der Waals surface area (Å²) in [4.78, 5) is 10.9. The molecule has 59 heavy (non-hydrogen) atoms. The molecule has 2 unspecified atom stereocenters. The van der Waals surface area contributed by atoms with Crippen molar-refractivity contribution in [2.45, 2.75) is 24.9 Å². The number of ether oxygens (including phenoxy) is 1. The van der Waals surface area contributed by atoms with E-state index in [1.54, 1.807) is 0 Å². The molecule has 0 saturated carbocycles. The number of nitrogens with zero attached hydrogens (tertiary/aromatic N) is 3. The van der Waals surface area contributed by atoms with Gasteiger partial charge in [-0.25, -0.2) is 9.97 Å². The van der Waals surface area contributed by atoms with Gasteiger partial charge in [0.2, 0.25) is 5.95 Å². The zero-order chi connectivity index (χ0) is 38.6. The lowest BCUT2D eigenvalue weighted by atomic mass is 9.86. The van der Waals surface area contributed by atoms with E-state index in [0.29, 0.717) is 5.95 Å². The third-order valence-corrected chi connectivity index (χ3v) is 12.6. The molecule has 2 atom stereocenters. The summed E-state index contributed by atoms with van der Waals surface area (Å²) in [5.41, 5.74) is 16.1. The van der Waals surface area contributed by atoms with Crippen LogP contribution in [0.1, 0.15) is 22.6 Å². The molecule has 3 aromatic heterocycles. The molecule has 3 aliphatic rings. The molecule has 0 N–H and O–H groups in total. The Morgan fingerprint density at radius 1 is 0.525 bits per heavy atom. The Morgan fingerprint density at radius 3 is 1.86 bits per heavy atom. The summed E-state index contributed by atoms with van der Waals surface area (Å²) in [7, 11) is 0. The van der Waals surface area contributed by atoms with E-state index in [0.717, 1.165) is 96.3 Å². The number of aryl methyl sites for hydroxylation is 2. The third kappa shape index (κ3) is 4.91. The Hall–Kier alpha value is -7.50. The summed E-state index contributed by atoms with van der Waals surface area (Å²) in [5, 5.41) is 4.77. The topological polar surface area (TPSA) is 53.1 Å². The van der Waals surface area contributed by atoms with E-state index in [1.165, 1.54) is 27.5 Å². The van der Waals surface area contributed by atoms with E-state index in [4.69, 9.17) is 19.1 Å². The fourth-order valence-electron chi connectivity index (χ4n) is 9.94. The van der Waals surface area contributed by atoms with E-state index in [2.05, 4.69) is 162 Å². The Kier molecular flexibility index (Phi) is 6.90. The maximum Gasteiger partial charge on any atom is 0.235 e. The van der Waals surface area contributed by atoms with Gasteiger partial charge in [-0.1, -0.05) is 146 Å². The predicted molar refractivity (Wildman–Crippen MR) is 238 cm³/mol. The van der Waals surface area contributed by atoms with Gasteiger partial charge < -0.3 is 9.15 Å². The first-order valence-corrected chi connectivity index (χ1v) is 20.4. The first-order valence-electron chi connectivity index (χ1n) is 20.4. The fourth-order valence-corrected chi connectivity index (χ4v) is 9.94. The Bertz CT molecular complexity index is 3370. The Balaban J connectivity index is 1.12. The number of hydrogen-bond donors (Lipinski definition) is 0. The average molecular weight is 758 g/mol. The van der Waals surface area contributed by atoms with Gasteiger partial charge >= 0.3 is 0 Å². The van der Waals surface area contributed by atoms with Crippen LogP contribution in [-0.2, 0) is 12.8 Å². The van der Waals surface area contributed by atoms with Gasteiger partial charge in [-0.15, -0.1) is 0 Å². The lowest BCUT2D eigenvalue weighted by Crippen LogP contribution is -2.15. The molecule has 0 spiro atoms. The molecule has 5 heteroatoms. The second-order valence-corrected chi connectivity index (χ2v) is 15.9. The van der Waals surface area contributed by atoms with Crippen LogP contribution in [0, 0.1) is 0 Å². The predicted octanol–water partition coefficient (Wildman–Crippen LogP) is 13.2. The van der Waals surface area contributed by atoms with Gasteiger partial charge in [0.25, 0.3) is 0 Å². The number of para-hydroxylation sites is 3. The largest absolute Gasteiger partial charge is 0.484 e. The van der Waals surface area contributed by atoms with Crippen molar-refractivity contribution in [3.05, 3.63) is 193 Å². The van der Waals surface area contributed by atoms with Crippen molar-refractivity contribution in [2.75, 3.05) is 0 Å². The van der Waals surface area contributed by atoms with Crippen LogP contribution in [0.3, 0.4) is 0 Å². The van der Waals surface area contributed by atoms with Crippen molar-refractivity contribution in [1.29, 1.82) is 0 Å². The molecule has 5 nitrogen and oxygen atoms in total. The van der Waals surface area contributed by atoms with Crippen LogP contribution in [0.5, 0.6) is 5.75 Å². The quantitative estimate of drug-likeness (QED) is 0.175. The molecule has 0 bridgehead atoms. The van der Waals surface area contributed by atoms with Crippen LogP contribution in [0.15, 0.2) is 180 Å². The minimum atomic E-state index is 0.00686. The summed E-state index contributed by atoms with van der Waals surface area (Å²) in [6.07, 6.45) is 10.5. The minimum absolute atomic E-state index is 0.00686. The second-order valence-electron chi connectivity index (χ2n) is 15.9. The number of rotatable bonds is 5. The van der Waals surface area contributed by atoms with Crippen LogP contribution >= 0.6 is 0 Å². The van der Waals surface area contributed by atoms with E-state index in [9.17, 15) is 0 Å². The first-order chi connectivity index (χ1) is 29.2. The van der Waals surface area contributed by atoms with Crippen molar-refractivity contribution < 1.29 is 9.15 Å². The van der Waals surface area contributed by atoms with Crippen molar-refractivity contribution >= 4 is 43.7 Å². The molecule has 0 saturated heterocycles. The van der Waals surface area contributed by atoms with Gasteiger partial charge in [0.05, 0.1) is 22.4 Å². The van der Waals surface area contributed by atoms with Gasteiger partial charge in [0.15, 0.2) is 0 Å². The zero-order valence-electron chi connectivity index (χ0n) is 32.0. The van der Waals surface area contributed by atoms with Crippen LogP contribution in [0.4, 0.5) is 0 Å². The fraction of sp³-hybridized carbons (Fsp3) is 0.0741. The van der Waals surface area contributed by atoms with Crippen molar-refractivity contribution in [2.24, 2.45) is 0 Å². The van der Waals surface area contributed by atoms with Gasteiger partial charge in [-0.3, -0.25) is 4.57 Å². The number of aromatic nitrogens is 3. The molecule has 4 heterocycles. The van der Waals surface area contributed by atoms with Gasteiger partial charge in [0, 0.05) is 55.3 Å². The van der Waals surface area contributed by atoms with Crippen molar-refractivity contribution in [3.63, 3.8) is 0 Å². The first kappa shape index (κ1) is 32.6. The van der Waals surface area contributed by atoms with E-state index >= 15 is 0 Å². The molecule has 0 amide bonds. The molecular weight excluding hydrogens is 723 g/mol. The molecule has 1 aliphatic heterocycles. The van der Waals surface area contributed by atoms with Gasteiger partial charge in [0.1, 0.15) is 23.0 Å². The normalized spacial score (nSPS) is 16.3. The Morgan fingerprint density at radius 2 is 1.14 bits per heavy atom. The molecule has 7 aromatic carbocycles. The molecule has 0 radical (unpaired) electrons. The summed E-state index contributed by atoms with van der Waals surface area (Å²) in [5.74, 6) is 1.82. The van der Waals surface area contributed by atoms with E-state index in [-0.39, 0.29) is 12.0 Å². The van der Waals surface area contributed by atoms with Crippen LogP contribution in [-0.4, -0.2) is 20.6 Å². The zero-order valence-corrected chi connectivity index (χ0v) is 32.0. The number of fused-ring (bicyclic) bond motifs is 6. The summed E-state index contributed by atoms with van der Waals surface area (Å²) < 4.78 is 15.7. The lowest BCUT2D eigenvalue weighted by Gasteiger charge is -2.17. The highest BCUT2D eigenvalue weighted by Crippen LogP contribution is 2.49. The molecule has 278 valence electrons. The van der Waals surface area contributed by atoms with Crippen molar-refractivity contribution in [3.8, 4) is 56.5 Å². The number of hydrogen-bond acceptors (Lipinski definition) is 4. The SMILES string of the molecule is C1=CC2Oc3c(-c4cc5c6c7c(cc(-c8cccc9c8oc8ccccc89)cc7n(-c7nc(-c8ccccc8)cc(-c8ccccc8)n7)c6c4)CC5)cccc3C2C=C1. The average Bonchev–Trinajstić information content (AvgIpc) is 3.98. The maximum atomic E-state index is 6.74. The standard InChI is InChI=1S/C54H35N3O2/c1-3-13-32(14-4-1)44-31-45(33-15-5-2-6-16-33)56-54(55-44)57-46-29-36(38-19-11-21-42-40-17-7-9-23-48(40)58-52(38)42)27-34-25-26-35-28-37(30-47(57)51(35)50(34)46)39-20-12-22-43-41-18-8-10-24-49(41)59-53(39)43/h1-24,27-31,40,48H,25-26H2. The van der Waals surface area contributed by atoms with Crippen LogP contribution < -0.4 is 4.74 Å². The summed E-state index contributed by atoms with van der Waals surface area (Å²) in [6.45, 7) is 0. The van der Waals surface area contributed by atoms with Crippen LogP contribution in [0.2, 0.25) is 0 Å². The Labute approximate surface area is 340 Å². The number of allylic oxidation sites excluding steroid dienone is 2. The highest BCUT2D eigenvalue weighted by atomic mass is 16.5. The second kappa shape index (κ2) is 12.5. The maximum absolute atomic E-state index is 6.74. The highest BCUT2D eigenvalue weighted by molar-refractivity contribution is 6.16. The molecule has 2 aliphatic carbocycles. The minimum Gasteiger partial charge on any atom is -0.484 e. The van der Waals surface area contributed by atoms with Gasteiger partial charge in [-0.2, -0.15) is 0 Å². The third-order valence-electron chi connectivity index (χ3n) is 12.6. The van der Waals surface area contributed by atoms with Gasteiger partial charge in [-0.05, 0) is 65.4 Å². The number of benzene rings is 7. The summed E-state index contributed by atoms with van der Waals surface area (Å²) >= 11 is 0. The van der Waals surface area contributed by atoms with Crippen molar-refractivity contribution in [1.82, 2.24) is 14.5 Å². The molecular formula is C54H35N3O2. The monoisotopic (exact) mass is 757 g/mol. The molecule has 10 aromatic rings. The lowest BCUT2D eigenvalue weighted by molar-refractivity contribution is 0.270.